The molecule has 1 amide bonds. The van der Waals surface area contributed by atoms with Gasteiger partial charge in [0, 0.05) is 5.56 Å². The Kier molecular flexibility index (Phi) is 4.43. The molecule has 0 bridgehead atoms. The Morgan fingerprint density at radius 3 is 2.32 bits per heavy atom. The van der Waals surface area contributed by atoms with Gasteiger partial charge < -0.3 is 4.74 Å². The number of ketones is 2. The molecule has 6 nitrogen and oxygen atoms in total. The van der Waals surface area contributed by atoms with Gasteiger partial charge in [-0.25, -0.2) is 0 Å². The summed E-state index contributed by atoms with van der Waals surface area (Å²) in [6.07, 6.45) is -0.336. The molecule has 126 valence electrons. The highest BCUT2D eigenvalue weighted by Crippen LogP contribution is 2.32. The third-order valence-electron chi connectivity index (χ3n) is 4.08. The summed E-state index contributed by atoms with van der Waals surface area (Å²) in [4.78, 5) is 50.5. The number of carbonyl (C=O) groups is 4. The van der Waals surface area contributed by atoms with E-state index < -0.39 is 29.5 Å². The van der Waals surface area contributed by atoms with Crippen LogP contribution >= 0.6 is 0 Å². The molecule has 1 heterocycles. The zero-order chi connectivity index (χ0) is 18.0. The number of rotatable bonds is 5. The molecule has 0 N–H and O–H groups in total. The second kappa shape index (κ2) is 6.68. The Bertz CT molecular complexity index is 859. The summed E-state index contributed by atoms with van der Waals surface area (Å²) >= 11 is 0. The molecule has 0 fully saturated rings. The molecule has 0 aliphatic carbocycles. The van der Waals surface area contributed by atoms with Crippen molar-refractivity contribution in [2.75, 3.05) is 12.0 Å². The van der Waals surface area contributed by atoms with Crippen LogP contribution in [0.1, 0.15) is 27.1 Å². The molecular formula is C19H15NO5. The molecule has 1 aliphatic heterocycles. The van der Waals surface area contributed by atoms with Crippen molar-refractivity contribution in [3.63, 3.8) is 0 Å². The molecule has 0 saturated carbocycles. The number of amides is 1. The number of hydrogen-bond acceptors (Lipinski definition) is 5. The molecule has 25 heavy (non-hydrogen) atoms. The number of hydrogen-bond donors (Lipinski definition) is 0. The first-order valence-corrected chi connectivity index (χ1v) is 7.67. The lowest BCUT2D eigenvalue weighted by Gasteiger charge is -2.26. The van der Waals surface area contributed by atoms with E-state index in [1.54, 1.807) is 48.5 Å². The van der Waals surface area contributed by atoms with Crippen LogP contribution < -0.4 is 4.90 Å². The SMILES string of the molecule is COC(=O)CC(C(=O)c1ccccc1)N1C(=O)C(=O)c2ccccc21. The molecule has 0 radical (unpaired) electrons. The molecule has 2 aromatic rings. The highest BCUT2D eigenvalue weighted by molar-refractivity contribution is 6.53. The smallest absolute Gasteiger partial charge is 0.308 e. The predicted octanol–water partition coefficient (Wildman–Crippen LogP) is 2.03. The van der Waals surface area contributed by atoms with Crippen LogP contribution in [0.25, 0.3) is 0 Å². The minimum absolute atomic E-state index is 0.225. The molecule has 1 atom stereocenters. The summed E-state index contributed by atoms with van der Waals surface area (Å²) in [5, 5.41) is 0. The number of fused-ring (bicyclic) bond motifs is 1. The summed E-state index contributed by atoms with van der Waals surface area (Å²) in [6.45, 7) is 0. The van der Waals surface area contributed by atoms with E-state index in [4.69, 9.17) is 0 Å². The molecule has 3 rings (SSSR count). The van der Waals surface area contributed by atoms with Crippen LogP contribution in [-0.4, -0.2) is 36.6 Å². The van der Waals surface area contributed by atoms with Gasteiger partial charge in [-0.15, -0.1) is 0 Å². The van der Waals surface area contributed by atoms with Gasteiger partial charge in [-0.1, -0.05) is 42.5 Å². The van der Waals surface area contributed by atoms with E-state index in [9.17, 15) is 19.2 Å². The van der Waals surface area contributed by atoms with E-state index in [1.807, 2.05) is 0 Å². The quantitative estimate of drug-likeness (QED) is 0.474. The van der Waals surface area contributed by atoms with Crippen molar-refractivity contribution < 1.29 is 23.9 Å². The lowest BCUT2D eigenvalue weighted by Crippen LogP contribution is -2.46. The maximum atomic E-state index is 12.9. The van der Waals surface area contributed by atoms with Crippen LogP contribution in [0.5, 0.6) is 0 Å². The molecule has 2 aromatic carbocycles. The lowest BCUT2D eigenvalue weighted by molar-refractivity contribution is -0.140. The van der Waals surface area contributed by atoms with Crippen molar-refractivity contribution in [1.82, 2.24) is 0 Å². The number of esters is 1. The number of nitrogens with zero attached hydrogens (tertiary/aromatic N) is 1. The number of anilines is 1. The fraction of sp³-hybridized carbons (Fsp3) is 0.158. The minimum Gasteiger partial charge on any atom is -0.469 e. The Morgan fingerprint density at radius 2 is 1.64 bits per heavy atom. The molecule has 0 saturated heterocycles. The van der Waals surface area contributed by atoms with Crippen LogP contribution in [0.3, 0.4) is 0 Å². The van der Waals surface area contributed by atoms with E-state index in [1.165, 1.54) is 13.2 Å². The molecule has 1 aliphatic rings. The first kappa shape index (κ1) is 16.6. The summed E-state index contributed by atoms with van der Waals surface area (Å²) in [6, 6.07) is 13.6. The maximum Gasteiger partial charge on any atom is 0.308 e. The van der Waals surface area contributed by atoms with Crippen molar-refractivity contribution in [3.8, 4) is 0 Å². The van der Waals surface area contributed by atoms with E-state index >= 15 is 0 Å². The third-order valence-corrected chi connectivity index (χ3v) is 4.08. The second-order valence-electron chi connectivity index (χ2n) is 5.55. The first-order valence-electron chi connectivity index (χ1n) is 7.67. The van der Waals surface area contributed by atoms with E-state index in [2.05, 4.69) is 4.74 Å². The molecule has 0 spiro atoms. The van der Waals surface area contributed by atoms with Gasteiger partial charge in [0.1, 0.15) is 6.04 Å². The van der Waals surface area contributed by atoms with E-state index in [-0.39, 0.29) is 12.0 Å². The molecule has 1 unspecified atom stereocenters. The number of Topliss-reactive ketones (excluding diaryl/α,β-unsaturated/α-hetero) is 2. The average molecular weight is 337 g/mol. The topological polar surface area (TPSA) is 80.8 Å². The van der Waals surface area contributed by atoms with Gasteiger partial charge in [0.15, 0.2) is 5.78 Å². The first-order chi connectivity index (χ1) is 12.0. The zero-order valence-corrected chi connectivity index (χ0v) is 13.5. The van der Waals surface area contributed by atoms with E-state index in [0.29, 0.717) is 11.3 Å². The number of benzene rings is 2. The Hall–Kier alpha value is -3.28. The number of methoxy groups -OCH3 is 1. The predicted molar refractivity (Wildman–Crippen MR) is 89.5 cm³/mol. The van der Waals surface area contributed by atoms with Crippen LogP contribution in [-0.2, 0) is 14.3 Å². The highest BCUT2D eigenvalue weighted by Gasteiger charge is 2.43. The van der Waals surface area contributed by atoms with Gasteiger partial charge >= 0.3 is 5.97 Å². The highest BCUT2D eigenvalue weighted by atomic mass is 16.5. The van der Waals surface area contributed by atoms with Crippen molar-refractivity contribution in [2.24, 2.45) is 0 Å². The van der Waals surface area contributed by atoms with Crippen molar-refractivity contribution >= 4 is 29.1 Å². The number of para-hydroxylation sites is 1. The summed E-state index contributed by atoms with van der Waals surface area (Å²) in [5.41, 5.74) is 0.903. The van der Waals surface area contributed by atoms with Crippen LogP contribution in [0.4, 0.5) is 5.69 Å². The Labute approximate surface area is 144 Å². The largest absolute Gasteiger partial charge is 0.469 e. The van der Waals surface area contributed by atoms with Crippen LogP contribution in [0, 0.1) is 0 Å². The van der Waals surface area contributed by atoms with Crippen molar-refractivity contribution in [3.05, 3.63) is 65.7 Å². The van der Waals surface area contributed by atoms with Crippen LogP contribution in [0.15, 0.2) is 54.6 Å². The lowest BCUT2D eigenvalue weighted by atomic mass is 9.99. The monoisotopic (exact) mass is 337 g/mol. The zero-order valence-electron chi connectivity index (χ0n) is 13.5. The Balaban J connectivity index is 2.06. The van der Waals surface area contributed by atoms with Crippen molar-refractivity contribution in [2.45, 2.75) is 12.5 Å². The standard InChI is InChI=1S/C19H15NO5/c1-25-16(21)11-15(17(22)12-7-3-2-4-8-12)20-14-10-6-5-9-13(14)18(23)19(20)24/h2-10,15H,11H2,1H3. The fourth-order valence-corrected chi connectivity index (χ4v) is 2.86. The van der Waals surface area contributed by atoms with Gasteiger partial charge in [0.25, 0.3) is 11.7 Å². The normalized spacial score (nSPS) is 14.2. The van der Waals surface area contributed by atoms with E-state index in [0.717, 1.165) is 4.90 Å². The summed E-state index contributed by atoms with van der Waals surface area (Å²) in [7, 11) is 1.21. The second-order valence-corrected chi connectivity index (χ2v) is 5.55. The number of ether oxygens (including phenoxy) is 1. The van der Waals surface area contributed by atoms with Gasteiger partial charge in [0.05, 0.1) is 24.8 Å². The average Bonchev–Trinajstić information content (AvgIpc) is 2.91. The van der Waals surface area contributed by atoms with Gasteiger partial charge in [-0.3, -0.25) is 24.1 Å². The minimum atomic E-state index is -1.14. The Morgan fingerprint density at radius 1 is 1.00 bits per heavy atom. The van der Waals surface area contributed by atoms with Crippen molar-refractivity contribution in [1.29, 1.82) is 0 Å². The van der Waals surface area contributed by atoms with Gasteiger partial charge in [-0.05, 0) is 12.1 Å². The third kappa shape index (κ3) is 2.94. The molecule has 6 heteroatoms. The summed E-state index contributed by atoms with van der Waals surface area (Å²) < 4.78 is 4.66. The van der Waals surface area contributed by atoms with Gasteiger partial charge in [-0.2, -0.15) is 0 Å². The number of carbonyl (C=O) groups excluding carboxylic acids is 4. The summed E-state index contributed by atoms with van der Waals surface area (Å²) in [5.74, 6) is -2.58. The maximum absolute atomic E-state index is 12.9. The molecular weight excluding hydrogens is 322 g/mol. The van der Waals surface area contributed by atoms with Gasteiger partial charge in [0.2, 0.25) is 0 Å². The molecule has 0 aromatic heterocycles. The van der Waals surface area contributed by atoms with Crippen LogP contribution in [0.2, 0.25) is 0 Å². The fourth-order valence-electron chi connectivity index (χ4n) is 2.86.